The van der Waals surface area contributed by atoms with Crippen LogP contribution < -0.4 is 4.74 Å². The van der Waals surface area contributed by atoms with E-state index in [1.165, 1.54) is 6.07 Å². The molecule has 0 amide bonds. The van der Waals surface area contributed by atoms with Gasteiger partial charge in [0.15, 0.2) is 0 Å². The first-order chi connectivity index (χ1) is 10.7. The van der Waals surface area contributed by atoms with E-state index in [4.69, 9.17) is 16.3 Å². The Morgan fingerprint density at radius 2 is 2.00 bits per heavy atom. The summed E-state index contributed by atoms with van der Waals surface area (Å²) in [6, 6.07) is 12.0. The van der Waals surface area contributed by atoms with E-state index < -0.39 is 4.92 Å². The van der Waals surface area contributed by atoms with Crippen LogP contribution in [-0.4, -0.2) is 9.91 Å². The molecule has 0 saturated heterocycles. The lowest BCUT2D eigenvalue weighted by Gasteiger charge is -2.10. The van der Waals surface area contributed by atoms with Crippen molar-refractivity contribution < 1.29 is 9.66 Å². The van der Waals surface area contributed by atoms with Crippen molar-refractivity contribution in [2.75, 3.05) is 0 Å². The van der Waals surface area contributed by atoms with Crippen LogP contribution in [0.5, 0.6) is 5.75 Å². The molecule has 0 unspecified atom stereocenters. The molecule has 22 heavy (non-hydrogen) atoms. The highest BCUT2D eigenvalue weighted by Gasteiger charge is 2.17. The zero-order valence-corrected chi connectivity index (χ0v) is 12.2. The van der Waals surface area contributed by atoms with Crippen molar-refractivity contribution in [1.82, 2.24) is 4.98 Å². The van der Waals surface area contributed by atoms with Crippen molar-refractivity contribution in [3.8, 4) is 5.75 Å². The van der Waals surface area contributed by atoms with Crippen molar-refractivity contribution in [3.63, 3.8) is 0 Å². The largest absolute Gasteiger partial charge is 0.488 e. The summed E-state index contributed by atoms with van der Waals surface area (Å²) in [4.78, 5) is 14.7. The Hall–Kier alpha value is -2.66. The van der Waals surface area contributed by atoms with E-state index in [9.17, 15) is 10.1 Å². The van der Waals surface area contributed by atoms with Gasteiger partial charge in [-0.15, -0.1) is 0 Å². The van der Waals surface area contributed by atoms with E-state index in [-0.39, 0.29) is 12.3 Å². The van der Waals surface area contributed by atoms with Crippen LogP contribution in [0.25, 0.3) is 10.8 Å². The van der Waals surface area contributed by atoms with Gasteiger partial charge in [0, 0.05) is 29.2 Å². The second kappa shape index (κ2) is 5.99. The molecule has 1 heterocycles. The van der Waals surface area contributed by atoms with Crippen LogP contribution >= 0.6 is 11.6 Å². The van der Waals surface area contributed by atoms with E-state index >= 15 is 0 Å². The molecule has 0 fully saturated rings. The smallest absolute Gasteiger partial charge is 0.277 e. The van der Waals surface area contributed by atoms with Gasteiger partial charge in [-0.2, -0.15) is 0 Å². The van der Waals surface area contributed by atoms with E-state index in [1.807, 2.05) is 24.3 Å². The molecule has 110 valence electrons. The molecule has 0 bridgehead atoms. The highest BCUT2D eigenvalue weighted by atomic mass is 35.5. The predicted molar refractivity (Wildman–Crippen MR) is 84.2 cm³/mol. The molecule has 6 heteroatoms. The summed E-state index contributed by atoms with van der Waals surface area (Å²) in [6.45, 7) is 0.0252. The van der Waals surface area contributed by atoms with Crippen LogP contribution in [0, 0.1) is 10.1 Å². The Morgan fingerprint density at radius 3 is 2.82 bits per heavy atom. The number of nitro benzene ring substituents is 1. The summed E-state index contributed by atoms with van der Waals surface area (Å²) in [6.07, 6.45) is 3.41. The quantitative estimate of drug-likeness (QED) is 0.529. The molecule has 2 aromatic carbocycles. The molecule has 0 radical (unpaired) electrons. The fourth-order valence-corrected chi connectivity index (χ4v) is 2.45. The molecule has 0 saturated carbocycles. The summed E-state index contributed by atoms with van der Waals surface area (Å²) < 4.78 is 5.76. The fourth-order valence-electron chi connectivity index (χ4n) is 2.23. The average Bonchev–Trinajstić information content (AvgIpc) is 2.53. The molecule has 3 aromatic rings. The maximum Gasteiger partial charge on any atom is 0.277 e. The molecule has 3 rings (SSSR count). The van der Waals surface area contributed by atoms with Crippen LogP contribution in [0.2, 0.25) is 5.02 Å². The highest BCUT2D eigenvalue weighted by molar-refractivity contribution is 6.31. The third-order valence-electron chi connectivity index (χ3n) is 3.30. The average molecular weight is 315 g/mol. The summed E-state index contributed by atoms with van der Waals surface area (Å²) >= 11 is 6.06. The number of pyridine rings is 1. The third kappa shape index (κ3) is 2.71. The minimum atomic E-state index is -0.461. The van der Waals surface area contributed by atoms with Crippen molar-refractivity contribution >= 4 is 28.1 Å². The molecule has 0 aliphatic carbocycles. The highest BCUT2D eigenvalue weighted by Crippen LogP contribution is 2.30. The summed E-state index contributed by atoms with van der Waals surface area (Å²) in [5.74, 6) is 0.633. The number of hydrogen-bond donors (Lipinski definition) is 0. The van der Waals surface area contributed by atoms with Gasteiger partial charge in [0.05, 0.1) is 15.5 Å². The van der Waals surface area contributed by atoms with Crippen LogP contribution in [0.4, 0.5) is 5.69 Å². The lowest BCUT2D eigenvalue weighted by atomic mass is 10.1. The fraction of sp³-hybridized carbons (Fsp3) is 0.0625. The lowest BCUT2D eigenvalue weighted by molar-refractivity contribution is -0.385. The Labute approximate surface area is 131 Å². The van der Waals surface area contributed by atoms with Crippen LogP contribution in [0.3, 0.4) is 0 Å². The zero-order valence-electron chi connectivity index (χ0n) is 11.4. The topological polar surface area (TPSA) is 65.3 Å². The molecule has 5 nitrogen and oxygen atoms in total. The zero-order chi connectivity index (χ0) is 15.5. The molecule has 0 aliphatic heterocycles. The van der Waals surface area contributed by atoms with Gasteiger partial charge in [0.1, 0.15) is 12.4 Å². The SMILES string of the molecule is O=[N+]([O-])c1cccc(Cl)c1COc1cccc2cnccc12. The van der Waals surface area contributed by atoms with Crippen LogP contribution in [0.1, 0.15) is 5.56 Å². The first kappa shape index (κ1) is 14.3. The van der Waals surface area contributed by atoms with Crippen molar-refractivity contribution in [1.29, 1.82) is 0 Å². The van der Waals surface area contributed by atoms with Gasteiger partial charge >= 0.3 is 0 Å². The first-order valence-corrected chi connectivity index (χ1v) is 6.92. The Balaban J connectivity index is 1.94. The number of fused-ring (bicyclic) bond motifs is 1. The van der Waals surface area contributed by atoms with E-state index in [0.29, 0.717) is 16.3 Å². The number of rotatable bonds is 4. The Bertz CT molecular complexity index is 846. The van der Waals surface area contributed by atoms with Crippen molar-refractivity contribution in [3.05, 3.63) is 75.6 Å². The molecule has 0 N–H and O–H groups in total. The standard InChI is InChI=1S/C16H11ClN2O3/c17-14-4-2-5-15(19(20)21)13(14)10-22-16-6-1-3-11-9-18-8-7-12(11)16/h1-9H,10H2. The van der Waals surface area contributed by atoms with Gasteiger partial charge in [0.25, 0.3) is 5.69 Å². The van der Waals surface area contributed by atoms with Crippen molar-refractivity contribution in [2.45, 2.75) is 6.61 Å². The minimum Gasteiger partial charge on any atom is -0.488 e. The number of halogens is 1. The monoisotopic (exact) mass is 314 g/mol. The Morgan fingerprint density at radius 1 is 1.18 bits per heavy atom. The molecular weight excluding hydrogens is 304 g/mol. The Kier molecular flexibility index (Phi) is 3.89. The van der Waals surface area contributed by atoms with Gasteiger partial charge in [-0.25, -0.2) is 0 Å². The normalized spacial score (nSPS) is 10.6. The summed E-state index contributed by atoms with van der Waals surface area (Å²) in [5.41, 5.74) is 0.314. The molecule has 1 aromatic heterocycles. The molecule has 0 atom stereocenters. The number of nitrogens with zero attached hydrogens (tertiary/aromatic N) is 2. The van der Waals surface area contributed by atoms with Gasteiger partial charge in [-0.05, 0) is 18.2 Å². The molecule has 0 spiro atoms. The van der Waals surface area contributed by atoms with E-state index in [2.05, 4.69) is 4.98 Å². The van der Waals surface area contributed by atoms with Crippen LogP contribution in [-0.2, 0) is 6.61 Å². The number of ether oxygens (including phenoxy) is 1. The number of nitro groups is 1. The molecular formula is C16H11ClN2O3. The van der Waals surface area contributed by atoms with Gasteiger partial charge < -0.3 is 4.74 Å². The third-order valence-corrected chi connectivity index (χ3v) is 3.66. The first-order valence-electron chi connectivity index (χ1n) is 6.54. The maximum atomic E-state index is 11.1. The number of benzene rings is 2. The summed E-state index contributed by atoms with van der Waals surface area (Å²) in [7, 11) is 0. The maximum absolute atomic E-state index is 11.1. The predicted octanol–water partition coefficient (Wildman–Crippen LogP) is 4.38. The van der Waals surface area contributed by atoms with Gasteiger partial charge in [-0.3, -0.25) is 15.1 Å². The van der Waals surface area contributed by atoms with E-state index in [0.717, 1.165) is 10.8 Å². The second-order valence-corrected chi connectivity index (χ2v) is 5.04. The number of aromatic nitrogens is 1. The summed E-state index contributed by atoms with van der Waals surface area (Å²) in [5, 5.41) is 13.2. The van der Waals surface area contributed by atoms with Gasteiger partial charge in [-0.1, -0.05) is 29.8 Å². The van der Waals surface area contributed by atoms with Crippen molar-refractivity contribution in [2.24, 2.45) is 0 Å². The van der Waals surface area contributed by atoms with Gasteiger partial charge in [0.2, 0.25) is 0 Å². The minimum absolute atomic E-state index is 0.0252. The second-order valence-electron chi connectivity index (χ2n) is 4.64. The lowest BCUT2D eigenvalue weighted by Crippen LogP contribution is -2.01. The van der Waals surface area contributed by atoms with Crippen LogP contribution in [0.15, 0.2) is 54.9 Å². The van der Waals surface area contributed by atoms with E-state index in [1.54, 1.807) is 24.5 Å². The number of hydrogen-bond acceptors (Lipinski definition) is 4. The molecule has 0 aliphatic rings.